The number of carbonyl (C=O) groups is 3. The molecular weight excluding hydrogens is 466 g/mol. The van der Waals surface area contributed by atoms with Gasteiger partial charge in [-0.25, -0.2) is 9.78 Å². The Morgan fingerprint density at radius 2 is 1.89 bits per heavy atom. The molecule has 3 N–H and O–H groups in total. The number of urea groups is 1. The maximum absolute atomic E-state index is 13.0. The van der Waals surface area contributed by atoms with Crippen LogP contribution in [0.15, 0.2) is 60.8 Å². The van der Waals surface area contributed by atoms with E-state index in [4.69, 9.17) is 0 Å². The fraction of sp³-hybridized carbons (Fsp3) is 0.276. The van der Waals surface area contributed by atoms with Gasteiger partial charge in [0, 0.05) is 30.0 Å². The van der Waals surface area contributed by atoms with Gasteiger partial charge in [-0.3, -0.25) is 9.59 Å². The first-order valence-corrected chi connectivity index (χ1v) is 12.4. The minimum atomic E-state index is -0.665. The molecule has 1 aromatic heterocycles. The predicted molar refractivity (Wildman–Crippen MR) is 142 cm³/mol. The number of hydrogen-bond donors (Lipinski definition) is 3. The van der Waals surface area contributed by atoms with Gasteiger partial charge in [-0.2, -0.15) is 0 Å². The normalized spacial score (nSPS) is 17.4. The molecule has 1 spiro atoms. The molecule has 1 radical (unpaired) electrons. The van der Waals surface area contributed by atoms with Crippen molar-refractivity contribution in [1.29, 1.82) is 0 Å². The summed E-state index contributed by atoms with van der Waals surface area (Å²) in [5.41, 5.74) is 4.67. The largest absolute Gasteiger partial charge is 0.336 e. The van der Waals surface area contributed by atoms with Gasteiger partial charge < -0.3 is 20.9 Å². The quantitative estimate of drug-likeness (QED) is 0.483. The van der Waals surface area contributed by atoms with Crippen LogP contribution in [0, 0.1) is 6.92 Å². The van der Waals surface area contributed by atoms with E-state index >= 15 is 0 Å². The minimum Gasteiger partial charge on any atom is -0.336 e. The second-order valence-electron chi connectivity index (χ2n) is 10.0. The average Bonchev–Trinajstić information content (AvgIpc) is 3.36. The second-order valence-corrected chi connectivity index (χ2v) is 10.0. The van der Waals surface area contributed by atoms with E-state index in [2.05, 4.69) is 27.9 Å². The number of fused-ring (bicyclic) bond motifs is 3. The van der Waals surface area contributed by atoms with Crippen LogP contribution in [-0.4, -0.2) is 40.3 Å². The van der Waals surface area contributed by atoms with Gasteiger partial charge in [-0.1, -0.05) is 36.4 Å². The minimum absolute atomic E-state index is 0.0412. The lowest BCUT2D eigenvalue weighted by Gasteiger charge is -2.24. The van der Waals surface area contributed by atoms with Crippen molar-refractivity contribution < 1.29 is 14.4 Å². The number of hydrogen-bond acceptors (Lipinski definition) is 4. The van der Waals surface area contributed by atoms with Gasteiger partial charge in [0.2, 0.25) is 11.8 Å². The Hall–Kier alpha value is -4.20. The molecule has 3 aromatic rings. The molecule has 2 aliphatic rings. The number of carbonyl (C=O) groups excluding carboxylic acids is 3. The maximum Gasteiger partial charge on any atom is 0.318 e. The zero-order chi connectivity index (χ0) is 26.2. The zero-order valence-electron chi connectivity index (χ0n) is 21.0. The summed E-state index contributed by atoms with van der Waals surface area (Å²) >= 11 is 0. The Morgan fingerprint density at radius 3 is 2.68 bits per heavy atom. The van der Waals surface area contributed by atoms with Crippen molar-refractivity contribution in [3.8, 4) is 0 Å². The fourth-order valence-electron chi connectivity index (χ4n) is 5.17. The highest BCUT2D eigenvalue weighted by Crippen LogP contribution is 2.46. The third-order valence-electron chi connectivity index (χ3n) is 6.98. The number of nitrogens with zero attached hydrogens (tertiary/aromatic N) is 2. The summed E-state index contributed by atoms with van der Waals surface area (Å²) in [6.45, 7) is 7.94. The first-order chi connectivity index (χ1) is 17.7. The standard InChI is InChI=1S/C29H30N5O3/c1-18(2)31-28(37)34(16-21-8-5-4-7-19(21)3)17-25(35)32-23-11-10-20-14-29(15-22(20)13-23)24-9-6-12-30-26(24)33-27(29)36/h4-13,18H,3,14-17H2,1-2H3,(H,31,37)(H,32,35)(H,30,33,36). The van der Waals surface area contributed by atoms with E-state index in [1.54, 1.807) is 6.20 Å². The summed E-state index contributed by atoms with van der Waals surface area (Å²) in [6.07, 6.45) is 2.81. The summed E-state index contributed by atoms with van der Waals surface area (Å²) in [6, 6.07) is 16.7. The molecule has 1 atom stereocenters. The molecule has 0 fully saturated rings. The van der Waals surface area contributed by atoms with Crippen molar-refractivity contribution in [1.82, 2.24) is 15.2 Å². The van der Waals surface area contributed by atoms with Crippen LogP contribution in [0.2, 0.25) is 0 Å². The van der Waals surface area contributed by atoms with Crippen molar-refractivity contribution in [2.75, 3.05) is 17.2 Å². The smallest absolute Gasteiger partial charge is 0.318 e. The van der Waals surface area contributed by atoms with Crippen LogP contribution in [0.1, 0.15) is 41.7 Å². The summed E-state index contributed by atoms with van der Waals surface area (Å²) in [5, 5.41) is 8.71. The lowest BCUT2D eigenvalue weighted by Crippen LogP contribution is -2.45. The summed E-state index contributed by atoms with van der Waals surface area (Å²) in [7, 11) is 0. The van der Waals surface area contributed by atoms with Gasteiger partial charge in [-0.15, -0.1) is 0 Å². The van der Waals surface area contributed by atoms with Crippen molar-refractivity contribution in [2.45, 2.75) is 44.7 Å². The van der Waals surface area contributed by atoms with E-state index in [9.17, 15) is 14.4 Å². The number of nitrogens with one attached hydrogen (secondary N) is 3. The SMILES string of the molecule is [CH2]c1ccccc1CN(CC(=O)Nc1ccc2c(c1)CC1(C2)C(=O)Nc2ncccc21)C(=O)NC(C)C. The highest BCUT2D eigenvalue weighted by atomic mass is 16.2. The van der Waals surface area contributed by atoms with E-state index in [-0.39, 0.29) is 37.0 Å². The molecule has 2 heterocycles. The zero-order valence-corrected chi connectivity index (χ0v) is 21.0. The van der Waals surface area contributed by atoms with E-state index in [1.807, 2.05) is 68.4 Å². The number of benzene rings is 2. The van der Waals surface area contributed by atoms with Gasteiger partial charge in [0.05, 0.1) is 5.41 Å². The Balaban J connectivity index is 1.31. The Labute approximate surface area is 216 Å². The molecule has 0 bridgehead atoms. The summed E-state index contributed by atoms with van der Waals surface area (Å²) in [4.78, 5) is 44.6. The molecule has 0 saturated carbocycles. The molecule has 37 heavy (non-hydrogen) atoms. The Kier molecular flexibility index (Phi) is 6.41. The molecule has 1 aliphatic carbocycles. The third kappa shape index (κ3) is 4.79. The van der Waals surface area contributed by atoms with E-state index < -0.39 is 5.41 Å². The van der Waals surface area contributed by atoms with E-state index in [0.717, 1.165) is 27.8 Å². The Bertz CT molecular complexity index is 1390. The van der Waals surface area contributed by atoms with E-state index in [1.165, 1.54) is 4.90 Å². The molecule has 4 amide bonds. The van der Waals surface area contributed by atoms with Crippen LogP contribution < -0.4 is 16.0 Å². The topological polar surface area (TPSA) is 103 Å². The highest BCUT2D eigenvalue weighted by Gasteiger charge is 2.51. The van der Waals surface area contributed by atoms with Crippen LogP contribution in [-0.2, 0) is 34.4 Å². The first kappa shape index (κ1) is 24.5. The van der Waals surface area contributed by atoms with Crippen LogP contribution >= 0.6 is 0 Å². The number of anilines is 2. The molecule has 1 unspecified atom stereocenters. The third-order valence-corrected chi connectivity index (χ3v) is 6.98. The molecule has 8 nitrogen and oxygen atoms in total. The van der Waals surface area contributed by atoms with Crippen molar-refractivity contribution >= 4 is 29.4 Å². The number of rotatable bonds is 6. The van der Waals surface area contributed by atoms with Gasteiger partial charge in [0.15, 0.2) is 0 Å². The highest BCUT2D eigenvalue weighted by molar-refractivity contribution is 6.06. The number of aromatic nitrogens is 1. The van der Waals surface area contributed by atoms with Gasteiger partial charge >= 0.3 is 6.03 Å². The van der Waals surface area contributed by atoms with Crippen LogP contribution in [0.25, 0.3) is 0 Å². The molecule has 2 aromatic carbocycles. The van der Waals surface area contributed by atoms with Crippen LogP contribution in [0.3, 0.4) is 0 Å². The number of amides is 4. The van der Waals surface area contributed by atoms with Crippen molar-refractivity contribution in [2.24, 2.45) is 0 Å². The molecule has 0 saturated heterocycles. The Morgan fingerprint density at radius 1 is 1.11 bits per heavy atom. The second kappa shape index (κ2) is 9.69. The van der Waals surface area contributed by atoms with Gasteiger partial charge in [0.25, 0.3) is 0 Å². The monoisotopic (exact) mass is 496 g/mol. The molecular formula is C29H30N5O3. The molecule has 8 heteroatoms. The van der Waals surface area contributed by atoms with Crippen LogP contribution in [0.5, 0.6) is 0 Å². The summed E-state index contributed by atoms with van der Waals surface area (Å²) in [5.74, 6) is 0.277. The maximum atomic E-state index is 13.0. The fourth-order valence-corrected chi connectivity index (χ4v) is 5.17. The average molecular weight is 497 g/mol. The lowest BCUT2D eigenvalue weighted by molar-refractivity contribution is -0.120. The van der Waals surface area contributed by atoms with Crippen LogP contribution in [0.4, 0.5) is 16.3 Å². The first-order valence-electron chi connectivity index (χ1n) is 12.4. The number of pyridine rings is 1. The summed E-state index contributed by atoms with van der Waals surface area (Å²) < 4.78 is 0. The van der Waals surface area contributed by atoms with Gasteiger partial charge in [0.1, 0.15) is 12.4 Å². The lowest BCUT2D eigenvalue weighted by atomic mass is 9.79. The molecule has 5 rings (SSSR count). The molecule has 189 valence electrons. The van der Waals surface area contributed by atoms with Gasteiger partial charge in [-0.05, 0) is 74.1 Å². The van der Waals surface area contributed by atoms with E-state index in [0.29, 0.717) is 24.3 Å². The molecule has 1 aliphatic heterocycles. The van der Waals surface area contributed by atoms with Crippen molar-refractivity contribution in [3.63, 3.8) is 0 Å². The predicted octanol–water partition coefficient (Wildman–Crippen LogP) is 3.81. The van der Waals surface area contributed by atoms with Crippen molar-refractivity contribution in [3.05, 3.63) is 95.5 Å².